The predicted octanol–water partition coefficient (Wildman–Crippen LogP) is 2.97. The van der Waals surface area contributed by atoms with Crippen LogP contribution in [0.15, 0.2) is 42.6 Å². The largest absolute Gasteiger partial charge is 0.497 e. The Bertz CT molecular complexity index is 1040. The molecule has 10 nitrogen and oxygen atoms in total. The first kappa shape index (κ1) is 18.8. The Kier molecular flexibility index (Phi) is 5.21. The molecule has 1 heterocycles. The minimum atomic E-state index is -0.775. The van der Waals surface area contributed by atoms with Crippen molar-refractivity contribution in [3.63, 3.8) is 0 Å². The molecule has 2 aromatic carbocycles. The van der Waals surface area contributed by atoms with Gasteiger partial charge in [-0.2, -0.15) is 0 Å². The number of amides is 1. The van der Waals surface area contributed by atoms with E-state index in [1.54, 1.807) is 7.11 Å². The number of nitrogens with zero attached hydrogens (tertiary/aromatic N) is 2. The molecule has 1 aromatic heterocycles. The zero-order valence-corrected chi connectivity index (χ0v) is 14.8. The van der Waals surface area contributed by atoms with Gasteiger partial charge >= 0.3 is 0 Å². The van der Waals surface area contributed by atoms with Crippen molar-refractivity contribution in [2.24, 2.45) is 0 Å². The van der Waals surface area contributed by atoms with Crippen LogP contribution in [0.25, 0.3) is 10.9 Å². The van der Waals surface area contributed by atoms with Crippen molar-refractivity contribution in [2.75, 3.05) is 13.7 Å². The van der Waals surface area contributed by atoms with E-state index in [1.165, 1.54) is 0 Å². The maximum Gasteiger partial charge on any atom is 0.277 e. The quantitative estimate of drug-likeness (QED) is 0.474. The summed E-state index contributed by atoms with van der Waals surface area (Å²) in [7, 11) is 1.58. The Morgan fingerprint density at radius 2 is 1.79 bits per heavy atom. The first-order chi connectivity index (χ1) is 13.4. The number of aromatic nitrogens is 1. The van der Waals surface area contributed by atoms with Crippen LogP contribution in [0.2, 0.25) is 0 Å². The Hall–Kier alpha value is -3.95. The molecule has 3 rings (SSSR count). The van der Waals surface area contributed by atoms with E-state index in [1.807, 2.05) is 24.4 Å². The molecule has 0 aliphatic rings. The van der Waals surface area contributed by atoms with Gasteiger partial charge in [-0.15, -0.1) is 0 Å². The Morgan fingerprint density at radius 3 is 2.39 bits per heavy atom. The van der Waals surface area contributed by atoms with E-state index in [0.29, 0.717) is 12.2 Å². The van der Waals surface area contributed by atoms with Gasteiger partial charge in [-0.3, -0.25) is 25.0 Å². The summed E-state index contributed by atoms with van der Waals surface area (Å²) in [5, 5.41) is 25.5. The smallest absolute Gasteiger partial charge is 0.277 e. The minimum absolute atomic E-state index is 0.138. The third-order valence-electron chi connectivity index (χ3n) is 4.24. The number of hydrogen-bond acceptors (Lipinski definition) is 6. The zero-order chi connectivity index (χ0) is 20.3. The van der Waals surface area contributed by atoms with Crippen LogP contribution in [-0.2, 0) is 6.42 Å². The summed E-state index contributed by atoms with van der Waals surface area (Å²) in [4.78, 5) is 35.8. The Morgan fingerprint density at radius 1 is 1.11 bits per heavy atom. The molecule has 0 bridgehead atoms. The van der Waals surface area contributed by atoms with Gasteiger partial charge in [0.15, 0.2) is 0 Å². The number of nitrogens with one attached hydrogen (secondary N) is 2. The Labute approximate surface area is 158 Å². The molecular weight excluding hydrogens is 368 g/mol. The number of ether oxygens (including phenoxy) is 1. The number of methoxy groups -OCH3 is 1. The van der Waals surface area contributed by atoms with Crippen molar-refractivity contribution in [1.29, 1.82) is 0 Å². The summed E-state index contributed by atoms with van der Waals surface area (Å²) in [6.45, 7) is 0.249. The molecule has 1 amide bonds. The fraction of sp³-hybridized carbons (Fsp3) is 0.167. The maximum atomic E-state index is 12.3. The lowest BCUT2D eigenvalue weighted by Crippen LogP contribution is -2.25. The molecule has 0 aliphatic heterocycles. The van der Waals surface area contributed by atoms with Gasteiger partial charge in [0.2, 0.25) is 0 Å². The molecule has 0 saturated carbocycles. The second-order valence-corrected chi connectivity index (χ2v) is 5.98. The summed E-state index contributed by atoms with van der Waals surface area (Å²) >= 11 is 0. The van der Waals surface area contributed by atoms with Crippen molar-refractivity contribution >= 4 is 28.2 Å². The molecule has 0 radical (unpaired) electrons. The number of benzene rings is 2. The average Bonchev–Trinajstić information content (AvgIpc) is 3.09. The van der Waals surface area contributed by atoms with Crippen molar-refractivity contribution in [3.05, 3.63) is 74.0 Å². The fourth-order valence-corrected chi connectivity index (χ4v) is 2.84. The highest BCUT2D eigenvalue weighted by Crippen LogP contribution is 2.24. The number of nitro groups is 2. The summed E-state index contributed by atoms with van der Waals surface area (Å²) in [6.07, 6.45) is 2.32. The third kappa shape index (κ3) is 3.90. The standard InChI is InChI=1S/C18H16N4O6/c1-28-15-2-3-17-16(9-15)11(10-20-17)4-5-19-18(23)12-6-13(21(24)25)8-14(7-12)22(26)27/h2-3,6-10,20H,4-5H2,1H3,(H,19,23). The second-order valence-electron chi connectivity index (χ2n) is 5.98. The number of fused-ring (bicyclic) bond motifs is 1. The molecule has 0 saturated heterocycles. The molecule has 0 aliphatic carbocycles. The van der Waals surface area contributed by atoms with Crippen molar-refractivity contribution in [1.82, 2.24) is 10.3 Å². The lowest BCUT2D eigenvalue weighted by atomic mass is 10.1. The third-order valence-corrected chi connectivity index (χ3v) is 4.24. The van der Waals surface area contributed by atoms with E-state index in [9.17, 15) is 25.0 Å². The van der Waals surface area contributed by atoms with E-state index >= 15 is 0 Å². The van der Waals surface area contributed by atoms with Crippen molar-refractivity contribution < 1.29 is 19.4 Å². The second kappa shape index (κ2) is 7.74. The van der Waals surface area contributed by atoms with Gasteiger partial charge in [0, 0.05) is 35.8 Å². The van der Waals surface area contributed by atoms with Crippen LogP contribution in [0.3, 0.4) is 0 Å². The minimum Gasteiger partial charge on any atom is -0.497 e. The molecule has 28 heavy (non-hydrogen) atoms. The van der Waals surface area contributed by atoms with Gasteiger partial charge in [-0.1, -0.05) is 0 Å². The van der Waals surface area contributed by atoms with E-state index in [0.717, 1.165) is 34.7 Å². The molecule has 2 N–H and O–H groups in total. The number of carbonyl (C=O) groups excluding carboxylic acids is 1. The van der Waals surface area contributed by atoms with Crippen LogP contribution in [0.5, 0.6) is 5.75 Å². The molecule has 0 spiro atoms. The summed E-state index contributed by atoms with van der Waals surface area (Å²) in [5.74, 6) is 0.0884. The van der Waals surface area contributed by atoms with Gasteiger partial charge in [0.1, 0.15) is 5.75 Å². The number of nitro benzene ring substituents is 2. The van der Waals surface area contributed by atoms with Crippen LogP contribution >= 0.6 is 0 Å². The average molecular weight is 384 g/mol. The molecule has 144 valence electrons. The number of rotatable bonds is 7. The van der Waals surface area contributed by atoms with Gasteiger partial charge < -0.3 is 15.0 Å². The van der Waals surface area contributed by atoms with Gasteiger partial charge in [-0.05, 0) is 30.2 Å². The van der Waals surface area contributed by atoms with Crippen molar-refractivity contribution in [3.8, 4) is 5.75 Å². The SMILES string of the molecule is COc1ccc2[nH]cc(CCNC(=O)c3cc([N+](=O)[O-])cc([N+](=O)[O-])c3)c2c1. The van der Waals surface area contributed by atoms with Crippen LogP contribution in [0, 0.1) is 20.2 Å². The number of hydrogen-bond donors (Lipinski definition) is 2. The van der Waals surface area contributed by atoms with Crippen LogP contribution in [0.4, 0.5) is 11.4 Å². The van der Waals surface area contributed by atoms with E-state index < -0.39 is 27.1 Å². The normalized spacial score (nSPS) is 10.6. The zero-order valence-electron chi connectivity index (χ0n) is 14.8. The van der Waals surface area contributed by atoms with E-state index in [-0.39, 0.29) is 12.1 Å². The van der Waals surface area contributed by atoms with Gasteiger partial charge in [-0.25, -0.2) is 0 Å². The van der Waals surface area contributed by atoms with Gasteiger partial charge in [0.25, 0.3) is 17.3 Å². The van der Waals surface area contributed by atoms with Crippen LogP contribution < -0.4 is 10.1 Å². The first-order valence-electron chi connectivity index (χ1n) is 8.25. The number of non-ortho nitro benzene ring substituents is 2. The monoisotopic (exact) mass is 384 g/mol. The molecule has 0 fully saturated rings. The molecule has 0 atom stereocenters. The topological polar surface area (TPSA) is 140 Å². The maximum absolute atomic E-state index is 12.3. The molecule has 10 heteroatoms. The lowest BCUT2D eigenvalue weighted by molar-refractivity contribution is -0.394. The predicted molar refractivity (Wildman–Crippen MR) is 101 cm³/mol. The lowest BCUT2D eigenvalue weighted by Gasteiger charge is -2.06. The van der Waals surface area contributed by atoms with Crippen molar-refractivity contribution in [2.45, 2.75) is 6.42 Å². The summed E-state index contributed by atoms with van der Waals surface area (Å²) < 4.78 is 5.21. The molecule has 3 aromatic rings. The Balaban J connectivity index is 1.72. The van der Waals surface area contributed by atoms with Crippen LogP contribution in [-0.4, -0.2) is 34.4 Å². The van der Waals surface area contributed by atoms with E-state index in [2.05, 4.69) is 10.3 Å². The molecular formula is C18H16N4O6. The highest BCUT2D eigenvalue weighted by atomic mass is 16.6. The molecule has 0 unspecified atom stereocenters. The summed E-state index contributed by atoms with van der Waals surface area (Å²) in [5.41, 5.74) is 0.725. The fourth-order valence-electron chi connectivity index (χ4n) is 2.84. The number of aromatic amines is 1. The highest BCUT2D eigenvalue weighted by Gasteiger charge is 2.19. The highest BCUT2D eigenvalue weighted by molar-refractivity contribution is 5.95. The van der Waals surface area contributed by atoms with Gasteiger partial charge in [0.05, 0.1) is 28.6 Å². The summed E-state index contributed by atoms with van der Waals surface area (Å²) in [6, 6.07) is 8.44. The van der Waals surface area contributed by atoms with Crippen LogP contribution in [0.1, 0.15) is 15.9 Å². The number of H-pyrrole nitrogens is 1. The number of carbonyl (C=O) groups is 1. The first-order valence-corrected chi connectivity index (χ1v) is 8.25. The van der Waals surface area contributed by atoms with E-state index in [4.69, 9.17) is 4.74 Å².